The van der Waals surface area contributed by atoms with Gasteiger partial charge in [0.05, 0.1) is 0 Å². The topological polar surface area (TPSA) is 58.1 Å². The molecule has 0 bridgehead atoms. The smallest absolute Gasteiger partial charge is 0.274 e. The second-order valence-electron chi connectivity index (χ2n) is 6.21. The Bertz CT molecular complexity index is 687. The van der Waals surface area contributed by atoms with Crippen molar-refractivity contribution < 1.29 is 4.79 Å². The van der Waals surface area contributed by atoms with Crippen LogP contribution in [0.15, 0.2) is 36.4 Å². The third-order valence-corrected chi connectivity index (χ3v) is 4.05. The normalized spacial score (nSPS) is 17.8. The largest absolute Gasteiger partial charge is 0.341 e. The number of carbonyl (C=O) groups excluding carboxylic acids is 1. The van der Waals surface area contributed by atoms with Crippen LogP contribution < -0.4 is 10.2 Å². The highest BCUT2D eigenvalue weighted by molar-refractivity contribution is 6.03. The first-order chi connectivity index (χ1) is 11.1. The maximum atomic E-state index is 12.4. The van der Waals surface area contributed by atoms with E-state index in [1.807, 2.05) is 37.3 Å². The van der Waals surface area contributed by atoms with E-state index in [-0.39, 0.29) is 5.91 Å². The van der Waals surface area contributed by atoms with Crippen molar-refractivity contribution in [2.24, 2.45) is 5.92 Å². The molecule has 0 saturated carbocycles. The van der Waals surface area contributed by atoms with Gasteiger partial charge >= 0.3 is 0 Å². The molecule has 1 aromatic heterocycles. The van der Waals surface area contributed by atoms with Crippen molar-refractivity contribution in [3.8, 4) is 0 Å². The Morgan fingerprint density at radius 3 is 2.78 bits per heavy atom. The molecule has 3 rings (SSSR count). The first-order valence-corrected chi connectivity index (χ1v) is 8.09. The molecule has 23 heavy (non-hydrogen) atoms. The lowest BCUT2D eigenvalue weighted by Gasteiger charge is -2.31. The van der Waals surface area contributed by atoms with E-state index in [1.54, 1.807) is 6.07 Å². The lowest BCUT2D eigenvalue weighted by atomic mass is 10.0. The van der Waals surface area contributed by atoms with Gasteiger partial charge in [0.25, 0.3) is 5.91 Å². The number of hydrogen-bond donors (Lipinski definition) is 1. The molecule has 1 N–H and O–H groups in total. The number of hydrogen-bond acceptors (Lipinski definition) is 4. The number of anilines is 2. The van der Waals surface area contributed by atoms with Crippen LogP contribution in [0.4, 0.5) is 11.6 Å². The van der Waals surface area contributed by atoms with Crippen LogP contribution in [0.1, 0.15) is 35.9 Å². The van der Waals surface area contributed by atoms with Gasteiger partial charge in [-0.2, -0.15) is 0 Å². The fourth-order valence-electron chi connectivity index (χ4n) is 2.90. The Morgan fingerprint density at radius 2 is 2.04 bits per heavy atom. The molecule has 120 valence electrons. The summed E-state index contributed by atoms with van der Waals surface area (Å²) in [6, 6.07) is 11.1. The molecule has 1 amide bonds. The zero-order valence-corrected chi connectivity index (χ0v) is 13.6. The van der Waals surface area contributed by atoms with E-state index in [9.17, 15) is 4.79 Å². The van der Waals surface area contributed by atoms with Crippen molar-refractivity contribution in [3.63, 3.8) is 0 Å². The second kappa shape index (κ2) is 6.77. The molecule has 1 unspecified atom stereocenters. The summed E-state index contributed by atoms with van der Waals surface area (Å²) in [7, 11) is 0. The standard InChI is InChI=1S/C18H22N4O/c1-13-7-6-10-22(12-13)18-19-14(2)11-16(21-18)17(23)20-15-8-4-3-5-9-15/h3-5,8-9,11,13H,6-7,10,12H2,1-2H3,(H,20,23). The summed E-state index contributed by atoms with van der Waals surface area (Å²) in [6.45, 7) is 6.04. The van der Waals surface area contributed by atoms with Gasteiger partial charge in [-0.05, 0) is 43.9 Å². The predicted molar refractivity (Wildman–Crippen MR) is 91.8 cm³/mol. The molecule has 0 radical (unpaired) electrons. The van der Waals surface area contributed by atoms with E-state index in [0.717, 1.165) is 30.9 Å². The average molecular weight is 310 g/mol. The number of carbonyl (C=O) groups is 1. The number of aryl methyl sites for hydroxylation is 1. The molecule has 2 heterocycles. The molecule has 0 spiro atoms. The highest BCUT2D eigenvalue weighted by Crippen LogP contribution is 2.20. The summed E-state index contributed by atoms with van der Waals surface area (Å²) in [5, 5.41) is 2.88. The molecule has 1 fully saturated rings. The summed E-state index contributed by atoms with van der Waals surface area (Å²) < 4.78 is 0. The lowest BCUT2D eigenvalue weighted by Crippen LogP contribution is -2.36. The van der Waals surface area contributed by atoms with Crippen molar-refractivity contribution >= 4 is 17.5 Å². The lowest BCUT2D eigenvalue weighted by molar-refractivity contribution is 0.102. The Hall–Kier alpha value is -2.43. The minimum Gasteiger partial charge on any atom is -0.341 e. The van der Waals surface area contributed by atoms with Gasteiger partial charge in [0, 0.05) is 24.5 Å². The van der Waals surface area contributed by atoms with Gasteiger partial charge in [0.1, 0.15) is 5.69 Å². The molecule has 1 aliphatic rings. The number of amides is 1. The molecule has 5 heteroatoms. The highest BCUT2D eigenvalue weighted by Gasteiger charge is 2.20. The van der Waals surface area contributed by atoms with Crippen LogP contribution >= 0.6 is 0 Å². The quantitative estimate of drug-likeness (QED) is 0.945. The summed E-state index contributed by atoms with van der Waals surface area (Å²) in [4.78, 5) is 23.6. The van der Waals surface area contributed by atoms with Gasteiger partial charge in [-0.1, -0.05) is 25.1 Å². The molecular weight excluding hydrogens is 288 g/mol. The first kappa shape index (κ1) is 15.5. The number of aromatic nitrogens is 2. The number of benzene rings is 1. The molecule has 2 aromatic rings. The predicted octanol–water partition coefficient (Wildman–Crippen LogP) is 3.27. The molecule has 1 aliphatic heterocycles. The molecular formula is C18H22N4O. The van der Waals surface area contributed by atoms with Crippen LogP contribution in [0, 0.1) is 12.8 Å². The molecule has 0 aliphatic carbocycles. The number of nitrogens with zero attached hydrogens (tertiary/aromatic N) is 3. The van der Waals surface area contributed by atoms with Crippen LogP contribution in [0.2, 0.25) is 0 Å². The van der Waals surface area contributed by atoms with Gasteiger partial charge in [0.2, 0.25) is 5.95 Å². The van der Waals surface area contributed by atoms with Crippen molar-refractivity contribution in [2.75, 3.05) is 23.3 Å². The third kappa shape index (κ3) is 3.86. The molecule has 1 atom stereocenters. The Morgan fingerprint density at radius 1 is 1.26 bits per heavy atom. The van der Waals surface area contributed by atoms with Crippen molar-refractivity contribution in [1.82, 2.24) is 9.97 Å². The summed E-state index contributed by atoms with van der Waals surface area (Å²) >= 11 is 0. The zero-order valence-electron chi connectivity index (χ0n) is 13.6. The second-order valence-corrected chi connectivity index (χ2v) is 6.21. The molecule has 1 saturated heterocycles. The highest BCUT2D eigenvalue weighted by atomic mass is 16.1. The van der Waals surface area contributed by atoms with Crippen molar-refractivity contribution in [3.05, 3.63) is 47.8 Å². The SMILES string of the molecule is Cc1cc(C(=O)Nc2ccccc2)nc(N2CCCC(C)C2)n1. The van der Waals surface area contributed by atoms with Gasteiger partial charge < -0.3 is 10.2 Å². The number of nitrogens with one attached hydrogen (secondary N) is 1. The van der Waals surface area contributed by atoms with Crippen LogP contribution in [0.3, 0.4) is 0 Å². The van der Waals surface area contributed by atoms with Gasteiger partial charge in [-0.15, -0.1) is 0 Å². The average Bonchev–Trinajstić information content (AvgIpc) is 2.55. The maximum Gasteiger partial charge on any atom is 0.274 e. The number of para-hydroxylation sites is 1. The molecule has 5 nitrogen and oxygen atoms in total. The Kier molecular flexibility index (Phi) is 4.55. The van der Waals surface area contributed by atoms with E-state index >= 15 is 0 Å². The van der Waals surface area contributed by atoms with E-state index in [4.69, 9.17) is 0 Å². The van der Waals surface area contributed by atoms with E-state index < -0.39 is 0 Å². The Labute approximate surface area is 136 Å². The first-order valence-electron chi connectivity index (χ1n) is 8.09. The number of rotatable bonds is 3. The fraction of sp³-hybridized carbons (Fsp3) is 0.389. The van der Waals surface area contributed by atoms with Gasteiger partial charge in [0.15, 0.2) is 0 Å². The van der Waals surface area contributed by atoms with E-state index in [2.05, 4.69) is 27.1 Å². The maximum absolute atomic E-state index is 12.4. The number of piperidine rings is 1. The monoisotopic (exact) mass is 310 g/mol. The van der Waals surface area contributed by atoms with E-state index in [0.29, 0.717) is 17.6 Å². The van der Waals surface area contributed by atoms with Gasteiger partial charge in [-0.25, -0.2) is 9.97 Å². The van der Waals surface area contributed by atoms with Gasteiger partial charge in [-0.3, -0.25) is 4.79 Å². The van der Waals surface area contributed by atoms with Crippen LogP contribution in [-0.4, -0.2) is 29.0 Å². The van der Waals surface area contributed by atoms with Crippen molar-refractivity contribution in [1.29, 1.82) is 0 Å². The third-order valence-electron chi connectivity index (χ3n) is 4.05. The summed E-state index contributed by atoms with van der Waals surface area (Å²) in [5.74, 6) is 1.09. The fourth-order valence-corrected chi connectivity index (χ4v) is 2.90. The van der Waals surface area contributed by atoms with Crippen molar-refractivity contribution in [2.45, 2.75) is 26.7 Å². The minimum atomic E-state index is -0.201. The van der Waals surface area contributed by atoms with Crippen LogP contribution in [0.25, 0.3) is 0 Å². The Balaban J connectivity index is 1.81. The summed E-state index contributed by atoms with van der Waals surface area (Å²) in [5.41, 5.74) is 1.99. The molecule has 1 aromatic carbocycles. The zero-order chi connectivity index (χ0) is 16.2. The van der Waals surface area contributed by atoms with Crippen LogP contribution in [0.5, 0.6) is 0 Å². The van der Waals surface area contributed by atoms with E-state index in [1.165, 1.54) is 6.42 Å². The minimum absolute atomic E-state index is 0.201. The van der Waals surface area contributed by atoms with Crippen LogP contribution in [-0.2, 0) is 0 Å². The summed E-state index contributed by atoms with van der Waals surface area (Å²) in [6.07, 6.45) is 2.38.